The monoisotopic (exact) mass is 431 g/mol. The third-order valence-corrected chi connectivity index (χ3v) is 4.44. The van der Waals surface area contributed by atoms with E-state index in [1.807, 2.05) is 0 Å². The second-order valence-electron chi connectivity index (χ2n) is 5.20. The zero-order chi connectivity index (χ0) is 20.3. The SMILES string of the molecule is O=C(COC(=O)c1sccc1-n1cnnn1)Nc1ccc(Cl)cc1C(F)(F)F. The van der Waals surface area contributed by atoms with Crippen LogP contribution >= 0.6 is 22.9 Å². The zero-order valence-electron chi connectivity index (χ0n) is 13.6. The fourth-order valence-electron chi connectivity index (χ4n) is 2.15. The number of amides is 1. The lowest BCUT2D eigenvalue weighted by molar-refractivity contribution is -0.137. The number of carbonyl (C=O) groups is 2. The second kappa shape index (κ2) is 7.94. The Kier molecular flexibility index (Phi) is 5.61. The predicted molar refractivity (Wildman–Crippen MR) is 92.4 cm³/mol. The first-order chi connectivity index (χ1) is 13.3. The normalized spacial score (nSPS) is 11.3. The molecule has 3 aromatic rings. The van der Waals surface area contributed by atoms with Gasteiger partial charge in [-0.25, -0.2) is 4.79 Å². The van der Waals surface area contributed by atoms with Gasteiger partial charge in [-0.3, -0.25) is 4.79 Å². The zero-order valence-corrected chi connectivity index (χ0v) is 15.2. The number of nitrogens with zero attached hydrogens (tertiary/aromatic N) is 4. The van der Waals surface area contributed by atoms with Gasteiger partial charge in [-0.2, -0.15) is 17.9 Å². The molecule has 3 rings (SSSR count). The van der Waals surface area contributed by atoms with E-state index < -0.39 is 35.9 Å². The molecule has 1 N–H and O–H groups in total. The van der Waals surface area contributed by atoms with Crippen LogP contribution in [-0.2, 0) is 15.7 Å². The van der Waals surface area contributed by atoms with Crippen LogP contribution in [0.4, 0.5) is 18.9 Å². The van der Waals surface area contributed by atoms with Gasteiger partial charge in [0.1, 0.15) is 11.2 Å². The van der Waals surface area contributed by atoms with Gasteiger partial charge < -0.3 is 10.1 Å². The van der Waals surface area contributed by atoms with Crippen molar-refractivity contribution in [1.82, 2.24) is 20.2 Å². The average Bonchev–Trinajstić information content (AvgIpc) is 3.31. The Morgan fingerprint density at radius 3 is 2.75 bits per heavy atom. The number of tetrazole rings is 1. The highest BCUT2D eigenvalue weighted by molar-refractivity contribution is 7.12. The summed E-state index contributed by atoms with van der Waals surface area (Å²) < 4.78 is 45.2. The molecule has 0 aliphatic carbocycles. The number of aromatic nitrogens is 4. The summed E-state index contributed by atoms with van der Waals surface area (Å²) in [5, 5.41) is 14.1. The molecule has 0 spiro atoms. The molecule has 0 atom stereocenters. The highest BCUT2D eigenvalue weighted by atomic mass is 35.5. The lowest BCUT2D eigenvalue weighted by Crippen LogP contribution is -2.23. The van der Waals surface area contributed by atoms with Gasteiger partial charge in [-0.15, -0.1) is 16.4 Å². The van der Waals surface area contributed by atoms with E-state index in [0.717, 1.165) is 17.4 Å². The number of rotatable bonds is 5. The Bertz CT molecular complexity index is 1010. The molecule has 1 aromatic carbocycles. The number of hydrogen-bond acceptors (Lipinski definition) is 7. The molecule has 146 valence electrons. The first kappa shape index (κ1) is 19.8. The van der Waals surface area contributed by atoms with E-state index in [4.69, 9.17) is 16.3 Å². The summed E-state index contributed by atoms with van der Waals surface area (Å²) in [6.45, 7) is -0.786. The lowest BCUT2D eigenvalue weighted by Gasteiger charge is -2.14. The first-order valence-corrected chi connectivity index (χ1v) is 8.66. The van der Waals surface area contributed by atoms with Gasteiger partial charge in [-0.05, 0) is 40.1 Å². The van der Waals surface area contributed by atoms with Crippen LogP contribution in [0.3, 0.4) is 0 Å². The molecular weight excluding hydrogens is 423 g/mol. The van der Waals surface area contributed by atoms with Gasteiger partial charge in [0.2, 0.25) is 0 Å². The van der Waals surface area contributed by atoms with Crippen molar-refractivity contribution in [2.45, 2.75) is 6.18 Å². The minimum atomic E-state index is -4.72. The predicted octanol–water partition coefficient (Wildman–Crippen LogP) is 3.19. The molecule has 2 heterocycles. The smallest absolute Gasteiger partial charge is 0.418 e. The second-order valence-corrected chi connectivity index (χ2v) is 6.55. The van der Waals surface area contributed by atoms with E-state index in [2.05, 4.69) is 20.8 Å². The summed E-state index contributed by atoms with van der Waals surface area (Å²) in [5.74, 6) is -1.79. The van der Waals surface area contributed by atoms with Crippen LogP contribution in [-0.4, -0.2) is 38.7 Å². The van der Waals surface area contributed by atoms with Gasteiger partial charge in [0, 0.05) is 5.02 Å². The standard InChI is InChI=1S/C15H9ClF3N5O3S/c16-8-1-2-10(9(5-8)15(17,18)19)21-12(25)6-27-14(26)13-11(3-4-28-13)24-7-20-22-23-24/h1-5,7H,6H2,(H,21,25). The van der Waals surface area contributed by atoms with Gasteiger partial charge in [0.15, 0.2) is 6.61 Å². The van der Waals surface area contributed by atoms with Crippen LogP contribution in [0.15, 0.2) is 36.0 Å². The molecule has 8 nitrogen and oxygen atoms in total. The minimum Gasteiger partial charge on any atom is -0.451 e. The van der Waals surface area contributed by atoms with Crippen LogP contribution in [0.25, 0.3) is 5.69 Å². The van der Waals surface area contributed by atoms with Crippen LogP contribution < -0.4 is 5.32 Å². The van der Waals surface area contributed by atoms with E-state index >= 15 is 0 Å². The third-order valence-electron chi connectivity index (χ3n) is 3.32. The molecule has 0 saturated carbocycles. The summed E-state index contributed by atoms with van der Waals surface area (Å²) >= 11 is 6.61. The van der Waals surface area contributed by atoms with Crippen molar-refractivity contribution in [1.29, 1.82) is 0 Å². The summed E-state index contributed by atoms with van der Waals surface area (Å²) in [6.07, 6.45) is -3.45. The molecule has 0 aliphatic rings. The van der Waals surface area contributed by atoms with Gasteiger partial charge in [0.25, 0.3) is 5.91 Å². The number of esters is 1. The fourth-order valence-corrected chi connectivity index (χ4v) is 3.09. The quantitative estimate of drug-likeness (QED) is 0.623. The number of carbonyl (C=O) groups excluding carboxylic acids is 2. The maximum Gasteiger partial charge on any atom is 0.418 e. The van der Waals surface area contributed by atoms with E-state index in [-0.39, 0.29) is 9.90 Å². The van der Waals surface area contributed by atoms with Gasteiger partial charge in [0.05, 0.1) is 16.9 Å². The van der Waals surface area contributed by atoms with E-state index in [1.54, 1.807) is 11.4 Å². The fraction of sp³-hybridized carbons (Fsp3) is 0.133. The van der Waals surface area contributed by atoms with Crippen LogP contribution in [0.1, 0.15) is 15.2 Å². The van der Waals surface area contributed by atoms with Crippen molar-refractivity contribution in [3.05, 3.63) is 51.4 Å². The van der Waals surface area contributed by atoms with Crippen molar-refractivity contribution in [3.63, 3.8) is 0 Å². The van der Waals surface area contributed by atoms with Crippen molar-refractivity contribution in [2.24, 2.45) is 0 Å². The molecule has 1 amide bonds. The third kappa shape index (κ3) is 4.46. The summed E-state index contributed by atoms with van der Waals surface area (Å²) in [4.78, 5) is 24.2. The molecular formula is C15H9ClF3N5O3S. The Labute approximate surface area is 163 Å². The van der Waals surface area contributed by atoms with E-state index in [0.29, 0.717) is 11.8 Å². The van der Waals surface area contributed by atoms with Crippen molar-refractivity contribution in [2.75, 3.05) is 11.9 Å². The van der Waals surface area contributed by atoms with E-state index in [9.17, 15) is 22.8 Å². The maximum absolute atomic E-state index is 13.0. The summed E-state index contributed by atoms with van der Waals surface area (Å²) in [7, 11) is 0. The number of alkyl halides is 3. The summed E-state index contributed by atoms with van der Waals surface area (Å²) in [6, 6.07) is 4.47. The Balaban J connectivity index is 1.66. The lowest BCUT2D eigenvalue weighted by atomic mass is 10.1. The maximum atomic E-state index is 13.0. The van der Waals surface area contributed by atoms with Crippen molar-refractivity contribution in [3.8, 4) is 5.69 Å². The number of hydrogen-bond donors (Lipinski definition) is 1. The van der Waals surface area contributed by atoms with E-state index in [1.165, 1.54) is 17.1 Å². The van der Waals surface area contributed by atoms with Crippen molar-refractivity contribution < 1.29 is 27.5 Å². The number of nitrogens with one attached hydrogen (secondary N) is 1. The molecule has 0 saturated heterocycles. The molecule has 0 aliphatic heterocycles. The molecule has 0 radical (unpaired) electrons. The summed E-state index contributed by atoms with van der Waals surface area (Å²) in [5.41, 5.74) is -1.26. The number of anilines is 1. The molecule has 0 unspecified atom stereocenters. The van der Waals surface area contributed by atoms with Gasteiger partial charge >= 0.3 is 12.1 Å². The number of thiophene rings is 1. The number of benzene rings is 1. The number of halogens is 4. The van der Waals surface area contributed by atoms with Crippen molar-refractivity contribution >= 4 is 40.5 Å². The highest BCUT2D eigenvalue weighted by Crippen LogP contribution is 2.36. The Morgan fingerprint density at radius 1 is 1.29 bits per heavy atom. The largest absolute Gasteiger partial charge is 0.451 e. The van der Waals surface area contributed by atoms with Gasteiger partial charge in [-0.1, -0.05) is 11.6 Å². The highest BCUT2D eigenvalue weighted by Gasteiger charge is 2.34. The van der Waals surface area contributed by atoms with Crippen LogP contribution in [0, 0.1) is 0 Å². The molecule has 0 bridgehead atoms. The Morgan fingerprint density at radius 2 is 2.07 bits per heavy atom. The molecule has 0 fully saturated rings. The molecule has 28 heavy (non-hydrogen) atoms. The minimum absolute atomic E-state index is 0.127. The molecule has 13 heteroatoms. The Hall–Kier alpha value is -2.99. The first-order valence-electron chi connectivity index (χ1n) is 7.40. The van der Waals surface area contributed by atoms with Crippen LogP contribution in [0.5, 0.6) is 0 Å². The number of ether oxygens (including phenoxy) is 1. The molecule has 2 aromatic heterocycles. The average molecular weight is 432 g/mol. The topological polar surface area (TPSA) is 99.0 Å². The van der Waals surface area contributed by atoms with Crippen LogP contribution in [0.2, 0.25) is 5.02 Å².